The third-order valence-corrected chi connectivity index (χ3v) is 2.47. The molecule has 0 bridgehead atoms. The van der Waals surface area contributed by atoms with E-state index in [9.17, 15) is 30.7 Å². The third kappa shape index (κ3) is 4.59. The molecule has 20 heavy (non-hydrogen) atoms. The summed E-state index contributed by atoms with van der Waals surface area (Å²) in [6.07, 6.45) is -10.1. The van der Waals surface area contributed by atoms with Gasteiger partial charge >= 0.3 is 12.5 Å². The highest BCUT2D eigenvalue weighted by atomic mass is 35.5. The lowest BCUT2D eigenvalue weighted by molar-refractivity contribution is -0.274. The number of halogens is 8. The minimum atomic E-state index is -5.11. The zero-order chi connectivity index (χ0) is 15.6. The molecule has 0 saturated carbocycles. The fourth-order valence-corrected chi connectivity index (χ4v) is 1.55. The van der Waals surface area contributed by atoms with E-state index in [0.29, 0.717) is 6.07 Å². The van der Waals surface area contributed by atoms with Gasteiger partial charge in [-0.1, -0.05) is 17.7 Å². The van der Waals surface area contributed by atoms with Crippen molar-refractivity contribution in [1.82, 2.24) is 0 Å². The van der Waals surface area contributed by atoms with Crippen LogP contribution in [0.15, 0.2) is 30.6 Å². The predicted octanol–water partition coefficient (Wildman–Crippen LogP) is 5.37. The number of ether oxygens (including phenoxy) is 1. The Kier molecular flexibility index (Phi) is 4.90. The minimum Gasteiger partial charge on any atom is -0.404 e. The Morgan fingerprint density at radius 2 is 1.70 bits per heavy atom. The fraction of sp³-hybridized carbons (Fsp3) is 0.273. The van der Waals surface area contributed by atoms with Crippen LogP contribution in [-0.4, -0.2) is 12.5 Å². The molecule has 1 aromatic rings. The molecule has 1 unspecified atom stereocenters. The van der Waals surface area contributed by atoms with Crippen LogP contribution < -0.4 is 4.74 Å². The predicted molar refractivity (Wildman–Crippen MR) is 57.2 cm³/mol. The topological polar surface area (TPSA) is 9.23 Å². The van der Waals surface area contributed by atoms with Gasteiger partial charge in [-0.25, -0.2) is 4.39 Å². The van der Waals surface area contributed by atoms with Crippen LogP contribution >= 0.6 is 11.6 Å². The standard InChI is InChI=1S/C11H6ClF7O/c12-8-2-1-6(5-9(8)20-11(17,18)19)7(3-4-13)10(14,15)16/h1-5,7H. The highest BCUT2D eigenvalue weighted by molar-refractivity contribution is 6.32. The van der Waals surface area contributed by atoms with Gasteiger partial charge in [-0.15, -0.1) is 13.2 Å². The van der Waals surface area contributed by atoms with Gasteiger partial charge in [0.2, 0.25) is 0 Å². The van der Waals surface area contributed by atoms with E-state index in [4.69, 9.17) is 11.6 Å². The van der Waals surface area contributed by atoms with Crippen molar-refractivity contribution in [1.29, 1.82) is 0 Å². The summed E-state index contributed by atoms with van der Waals surface area (Å²) in [5, 5.41) is -0.517. The van der Waals surface area contributed by atoms with Crippen LogP contribution in [0.25, 0.3) is 0 Å². The average Bonchev–Trinajstić information content (AvgIpc) is 2.26. The number of hydrogen-bond acceptors (Lipinski definition) is 1. The minimum absolute atomic E-state index is 0.167. The SMILES string of the molecule is FC=CC(c1ccc(Cl)c(OC(F)(F)F)c1)C(F)(F)F. The van der Waals surface area contributed by atoms with Crippen molar-refractivity contribution in [2.75, 3.05) is 0 Å². The van der Waals surface area contributed by atoms with Gasteiger partial charge in [0.15, 0.2) is 0 Å². The Morgan fingerprint density at radius 3 is 2.15 bits per heavy atom. The van der Waals surface area contributed by atoms with E-state index in [1.165, 1.54) is 0 Å². The molecule has 112 valence electrons. The molecule has 0 spiro atoms. The van der Waals surface area contributed by atoms with Crippen LogP contribution in [0.5, 0.6) is 5.75 Å². The maximum Gasteiger partial charge on any atom is 0.573 e. The van der Waals surface area contributed by atoms with Crippen LogP contribution in [0.1, 0.15) is 11.5 Å². The zero-order valence-corrected chi connectivity index (χ0v) is 10.2. The van der Waals surface area contributed by atoms with E-state index in [2.05, 4.69) is 4.74 Å². The van der Waals surface area contributed by atoms with Crippen LogP contribution in [0, 0.1) is 0 Å². The van der Waals surface area contributed by atoms with Gasteiger partial charge in [0.05, 0.1) is 11.4 Å². The molecular formula is C11H6ClF7O. The molecule has 9 heteroatoms. The van der Waals surface area contributed by atoms with Crippen molar-refractivity contribution in [3.8, 4) is 5.75 Å². The molecule has 0 aliphatic carbocycles. The summed E-state index contributed by atoms with van der Waals surface area (Å²) in [4.78, 5) is 0. The lowest BCUT2D eigenvalue weighted by Crippen LogP contribution is -2.20. The number of rotatable bonds is 3. The van der Waals surface area contributed by atoms with E-state index in [-0.39, 0.29) is 12.4 Å². The Labute approximate surface area is 113 Å². The van der Waals surface area contributed by atoms with E-state index >= 15 is 0 Å². The first-order valence-electron chi connectivity index (χ1n) is 4.93. The fourth-order valence-electron chi connectivity index (χ4n) is 1.40. The quantitative estimate of drug-likeness (QED) is 0.680. The molecule has 0 radical (unpaired) electrons. The largest absolute Gasteiger partial charge is 0.573 e. The Hall–Kier alpha value is -1.44. The lowest BCUT2D eigenvalue weighted by atomic mass is 9.98. The first-order chi connectivity index (χ1) is 9.04. The number of benzene rings is 1. The molecule has 0 fully saturated rings. The average molecular weight is 323 g/mol. The molecule has 1 rings (SSSR count). The molecule has 0 heterocycles. The van der Waals surface area contributed by atoms with Crippen molar-refractivity contribution in [2.24, 2.45) is 0 Å². The summed E-state index contributed by atoms with van der Waals surface area (Å²) in [6, 6.07) is 2.11. The molecule has 1 aromatic carbocycles. The summed E-state index contributed by atoms with van der Waals surface area (Å²) in [5.41, 5.74) is -0.630. The highest BCUT2D eigenvalue weighted by Gasteiger charge is 2.40. The van der Waals surface area contributed by atoms with Gasteiger partial charge in [-0.05, 0) is 23.8 Å². The van der Waals surface area contributed by atoms with Crippen molar-refractivity contribution >= 4 is 11.6 Å². The van der Waals surface area contributed by atoms with E-state index in [1.54, 1.807) is 0 Å². The normalized spacial score (nSPS) is 14.6. The summed E-state index contributed by atoms with van der Waals surface area (Å²) >= 11 is 5.40. The maximum absolute atomic E-state index is 12.6. The van der Waals surface area contributed by atoms with E-state index in [0.717, 1.165) is 12.1 Å². The summed E-state index contributed by atoms with van der Waals surface area (Å²) in [7, 11) is 0. The first kappa shape index (κ1) is 16.6. The molecule has 0 N–H and O–H groups in total. The van der Waals surface area contributed by atoms with Crippen molar-refractivity contribution in [3.63, 3.8) is 0 Å². The smallest absolute Gasteiger partial charge is 0.404 e. The Bertz CT molecular complexity index is 493. The molecular weight excluding hydrogens is 317 g/mol. The number of allylic oxidation sites excluding steroid dienone is 1. The van der Waals surface area contributed by atoms with Gasteiger partial charge in [0, 0.05) is 0 Å². The lowest BCUT2D eigenvalue weighted by Gasteiger charge is -2.18. The van der Waals surface area contributed by atoms with Gasteiger partial charge < -0.3 is 4.74 Å². The van der Waals surface area contributed by atoms with Crippen molar-refractivity contribution < 1.29 is 35.5 Å². The summed E-state index contributed by atoms with van der Waals surface area (Å²) < 4.78 is 89.6. The number of alkyl halides is 6. The first-order valence-corrected chi connectivity index (χ1v) is 5.31. The van der Waals surface area contributed by atoms with Crippen molar-refractivity contribution in [2.45, 2.75) is 18.5 Å². The molecule has 0 amide bonds. The van der Waals surface area contributed by atoms with Gasteiger partial charge in [0.1, 0.15) is 11.7 Å². The van der Waals surface area contributed by atoms with E-state index < -0.39 is 34.8 Å². The van der Waals surface area contributed by atoms with Gasteiger partial charge in [0.25, 0.3) is 0 Å². The molecule has 0 aromatic heterocycles. The van der Waals surface area contributed by atoms with Crippen LogP contribution in [-0.2, 0) is 0 Å². The second-order valence-corrected chi connectivity index (χ2v) is 3.98. The molecule has 0 aliphatic heterocycles. The Morgan fingerprint density at radius 1 is 1.10 bits per heavy atom. The molecule has 1 atom stereocenters. The van der Waals surface area contributed by atoms with Crippen LogP contribution in [0.2, 0.25) is 5.02 Å². The van der Waals surface area contributed by atoms with Crippen LogP contribution in [0.3, 0.4) is 0 Å². The van der Waals surface area contributed by atoms with E-state index in [1.807, 2.05) is 0 Å². The highest BCUT2D eigenvalue weighted by Crippen LogP contribution is 2.39. The molecule has 1 nitrogen and oxygen atoms in total. The monoisotopic (exact) mass is 322 g/mol. The number of hydrogen-bond donors (Lipinski definition) is 0. The van der Waals surface area contributed by atoms with Gasteiger partial charge in [-0.3, -0.25) is 0 Å². The summed E-state index contributed by atoms with van der Waals surface area (Å²) in [5.74, 6) is -3.39. The zero-order valence-electron chi connectivity index (χ0n) is 9.40. The second-order valence-electron chi connectivity index (χ2n) is 3.58. The van der Waals surface area contributed by atoms with Crippen LogP contribution in [0.4, 0.5) is 30.7 Å². The molecule has 0 saturated heterocycles. The third-order valence-electron chi connectivity index (χ3n) is 2.16. The van der Waals surface area contributed by atoms with Crippen molar-refractivity contribution in [3.05, 3.63) is 41.2 Å². The second kappa shape index (κ2) is 5.90. The molecule has 0 aliphatic rings. The Balaban J connectivity index is 3.22. The summed E-state index contributed by atoms with van der Waals surface area (Å²) in [6.45, 7) is 0. The van der Waals surface area contributed by atoms with Gasteiger partial charge in [-0.2, -0.15) is 13.2 Å². The maximum atomic E-state index is 12.6.